The van der Waals surface area contributed by atoms with Crippen LogP contribution in [-0.2, 0) is 41.8 Å². The highest BCUT2D eigenvalue weighted by Gasteiger charge is 2.54. The molecule has 0 aromatic carbocycles. The molecule has 17 nitrogen and oxygen atoms in total. The SMILES string of the molecule is C#CC#CC#CC#CC#CC#CSC(=O)CCC.CCCCCCCCCCCCCCCC(=O)O[C@H](COCO)COP(=O)(O)OC1C(O)[C@H](O)[C@H](O)C(OP(=O)(O)O)[C@@H]1O.[HH].[HH].[HH].[HH].[HH].[HH].[HH].[HH].[HH].[HH].[HH]. The van der Waals surface area contributed by atoms with E-state index in [1.54, 1.807) is 0 Å². The number of esters is 1. The number of hydrogen-bond donors (Lipinski definition) is 8. The molecule has 1 fully saturated rings. The highest BCUT2D eigenvalue weighted by atomic mass is 32.2. The second-order valence-electron chi connectivity index (χ2n) is 13.6. The Labute approximate surface area is 385 Å². The summed E-state index contributed by atoms with van der Waals surface area (Å²) in [5.41, 5.74) is 0. The fourth-order valence-corrected chi connectivity index (χ4v) is 7.46. The van der Waals surface area contributed by atoms with Crippen LogP contribution in [0.15, 0.2) is 0 Å². The van der Waals surface area contributed by atoms with E-state index < -0.39 is 84.3 Å². The average molecular weight is 953 g/mol. The minimum atomic E-state index is -5.32. The molecule has 1 aliphatic carbocycles. The van der Waals surface area contributed by atoms with E-state index in [-0.39, 0.29) is 27.2 Å². The summed E-state index contributed by atoms with van der Waals surface area (Å²) in [7, 11) is -10.5. The van der Waals surface area contributed by atoms with Gasteiger partial charge in [-0.15, -0.1) is 6.42 Å². The fourth-order valence-electron chi connectivity index (χ4n) is 5.40. The Balaban J connectivity index is -0.000000111. The van der Waals surface area contributed by atoms with Gasteiger partial charge in [-0.2, -0.15) is 0 Å². The molecule has 1 saturated carbocycles. The van der Waals surface area contributed by atoms with Crippen LogP contribution in [-0.4, -0.2) is 114 Å². The zero-order chi connectivity index (χ0) is 46.7. The number of aliphatic hydroxyl groups excluding tert-OH is 5. The van der Waals surface area contributed by atoms with Gasteiger partial charge < -0.3 is 49.7 Å². The van der Waals surface area contributed by atoms with Gasteiger partial charge in [0.15, 0.2) is 0 Å². The molecule has 0 amide bonds. The summed E-state index contributed by atoms with van der Waals surface area (Å²) in [4.78, 5) is 51.5. The van der Waals surface area contributed by atoms with Crippen molar-refractivity contribution < 1.29 is 97.7 Å². The Morgan fingerprint density at radius 2 is 1.13 bits per heavy atom. The molecule has 0 spiro atoms. The van der Waals surface area contributed by atoms with Gasteiger partial charge in [0.25, 0.3) is 0 Å². The third-order valence-corrected chi connectivity index (χ3v) is 10.5. The number of phosphoric ester groups is 2. The molecule has 62 heavy (non-hydrogen) atoms. The summed E-state index contributed by atoms with van der Waals surface area (Å²) in [5, 5.41) is 51.9. The van der Waals surface area contributed by atoms with Crippen molar-refractivity contribution in [2.24, 2.45) is 0 Å². The van der Waals surface area contributed by atoms with Crippen LogP contribution in [0.2, 0.25) is 0 Å². The van der Waals surface area contributed by atoms with Crippen molar-refractivity contribution in [3.05, 3.63) is 0 Å². The van der Waals surface area contributed by atoms with Crippen molar-refractivity contribution >= 4 is 38.5 Å². The third kappa shape index (κ3) is 30.8. The number of ether oxygens (including phenoxy) is 2. The predicted molar refractivity (Wildman–Crippen MR) is 253 cm³/mol. The van der Waals surface area contributed by atoms with Crippen LogP contribution in [0.4, 0.5) is 0 Å². The molecule has 0 aromatic rings. The quantitative estimate of drug-likeness (QED) is 0.0151. The van der Waals surface area contributed by atoms with Crippen molar-refractivity contribution in [2.45, 2.75) is 159 Å². The highest BCUT2D eigenvalue weighted by Crippen LogP contribution is 2.49. The van der Waals surface area contributed by atoms with E-state index in [1.165, 1.54) is 51.4 Å². The topological polar surface area (TPSA) is 276 Å². The van der Waals surface area contributed by atoms with Crippen LogP contribution in [0.25, 0.3) is 0 Å². The average Bonchev–Trinajstić information content (AvgIpc) is 3.22. The molecule has 4 unspecified atom stereocenters. The van der Waals surface area contributed by atoms with E-state index in [0.29, 0.717) is 12.8 Å². The van der Waals surface area contributed by atoms with Crippen LogP contribution in [0, 0.1) is 70.9 Å². The zero-order valence-electron chi connectivity index (χ0n) is 35.1. The van der Waals surface area contributed by atoms with Gasteiger partial charge in [-0.1, -0.05) is 90.9 Å². The van der Waals surface area contributed by atoms with Crippen molar-refractivity contribution in [3.63, 3.8) is 0 Å². The van der Waals surface area contributed by atoms with Crippen molar-refractivity contribution in [1.29, 1.82) is 0 Å². The molecule has 0 bridgehead atoms. The Hall–Kier alpha value is -3.17. The van der Waals surface area contributed by atoms with Crippen LogP contribution < -0.4 is 0 Å². The van der Waals surface area contributed by atoms with E-state index in [4.69, 9.17) is 39.8 Å². The first kappa shape index (κ1) is 58.8. The first-order chi connectivity index (χ1) is 29.5. The Kier molecular flexibility index (Phi) is 34.3. The van der Waals surface area contributed by atoms with E-state index in [2.05, 4.69) is 75.9 Å². The molecule has 0 heterocycles. The number of terminal acetylenes is 1. The molecule has 0 saturated heterocycles. The maximum Gasteiger partial charge on any atom is 0.472 e. The van der Waals surface area contributed by atoms with Crippen molar-refractivity contribution in [2.75, 3.05) is 20.0 Å². The molecule has 20 heteroatoms. The number of carbonyl (C=O) groups excluding carboxylic acids is 2. The molecular formula is C42H82O17P2S. The lowest BCUT2D eigenvalue weighted by molar-refractivity contribution is -0.216. The zero-order valence-corrected chi connectivity index (χ0v) is 37.7. The number of carbonyl (C=O) groups is 2. The lowest BCUT2D eigenvalue weighted by atomic mass is 9.85. The van der Waals surface area contributed by atoms with Crippen LogP contribution in [0.3, 0.4) is 0 Å². The molecule has 8 N–H and O–H groups in total. The number of aliphatic hydroxyl groups is 5. The molecule has 1 aliphatic rings. The number of hydrogen-bond acceptors (Lipinski definition) is 15. The molecule has 1 rings (SSSR count). The molecule has 368 valence electrons. The Morgan fingerprint density at radius 3 is 1.61 bits per heavy atom. The Morgan fingerprint density at radius 1 is 0.645 bits per heavy atom. The van der Waals surface area contributed by atoms with E-state index in [9.17, 15) is 44.0 Å². The summed E-state index contributed by atoms with van der Waals surface area (Å²) in [6, 6.07) is 0. The number of thioether (sulfide) groups is 1. The smallest absolute Gasteiger partial charge is 0.457 e. The second-order valence-corrected chi connectivity index (χ2v) is 17.0. The van der Waals surface area contributed by atoms with Crippen molar-refractivity contribution in [3.8, 4) is 70.9 Å². The third-order valence-electron chi connectivity index (χ3n) is 8.40. The maximum atomic E-state index is 12.5. The molecule has 0 radical (unpaired) electrons. The summed E-state index contributed by atoms with van der Waals surface area (Å²) in [6.07, 6.45) is 6.49. The molecule has 0 aliphatic heterocycles. The predicted octanol–water partition coefficient (Wildman–Crippen LogP) is 6.14. The van der Waals surface area contributed by atoms with Gasteiger partial charge >= 0.3 is 21.6 Å². The molecule has 0 aromatic heterocycles. The van der Waals surface area contributed by atoms with Gasteiger partial charge in [0.1, 0.15) is 49.5 Å². The highest BCUT2D eigenvalue weighted by molar-refractivity contribution is 8.17. The van der Waals surface area contributed by atoms with Gasteiger partial charge in [-0.05, 0) is 77.3 Å². The Bertz CT molecular complexity index is 1820. The van der Waals surface area contributed by atoms with Crippen LogP contribution in [0.1, 0.15) is 132 Å². The first-order valence-corrected chi connectivity index (χ1v) is 24.0. The van der Waals surface area contributed by atoms with Crippen molar-refractivity contribution in [1.82, 2.24) is 0 Å². The van der Waals surface area contributed by atoms with Gasteiger partial charge in [0, 0.05) is 40.3 Å². The van der Waals surface area contributed by atoms with Crippen LogP contribution in [0.5, 0.6) is 0 Å². The standard InChI is InChI=1S/C26H52O16P2.C16H8OS.11H2/c1-2-3-4-5-6-7-8-9-10-11-12-13-14-15-20(28)40-19(16-38-18-27)17-39-44(36,37)42-26-23(31)21(29)22(30)25(24(26)32)41-43(33,34)35;1-3-5-6-7-8-9-10-11-12-13-15-18-16(17)14-4-2;;;;;;;;;;;/h19,21-27,29-32H,2-18H2,1H3,(H,36,37)(H2,33,34,35);1H,4,14H2,2H3;11*1H/t19-,21-,22+,23?,24+,25?,26?;;;;;;;;;;;;/m1............/s1. The maximum absolute atomic E-state index is 12.5. The van der Waals surface area contributed by atoms with Gasteiger partial charge in [0.05, 0.1) is 13.2 Å². The van der Waals surface area contributed by atoms with E-state index >= 15 is 0 Å². The number of phosphoric acid groups is 2. The normalized spacial score (nSPS) is 20.3. The first-order valence-electron chi connectivity index (χ1n) is 20.2. The van der Waals surface area contributed by atoms with Crippen LogP contribution >= 0.6 is 27.4 Å². The second kappa shape index (κ2) is 36.2. The number of rotatable bonds is 27. The molecular weight excluding hydrogens is 870 g/mol. The minimum absolute atomic E-state index is 0. The van der Waals surface area contributed by atoms with E-state index in [0.717, 1.165) is 43.9 Å². The summed E-state index contributed by atoms with van der Waals surface area (Å²) in [5.74, 6) is 23.5. The lowest BCUT2D eigenvalue weighted by Gasteiger charge is -2.43. The summed E-state index contributed by atoms with van der Waals surface area (Å²) in [6.45, 7) is 2.19. The minimum Gasteiger partial charge on any atom is -0.457 e. The molecule has 8 atom stereocenters. The number of unbranched alkanes of at least 4 members (excludes halogenated alkanes) is 12. The summed E-state index contributed by atoms with van der Waals surface area (Å²) < 4.78 is 47.5. The summed E-state index contributed by atoms with van der Waals surface area (Å²) >= 11 is 0.963. The van der Waals surface area contributed by atoms with Gasteiger partial charge in [0.2, 0.25) is 5.12 Å². The van der Waals surface area contributed by atoms with Gasteiger partial charge in [-0.3, -0.25) is 23.2 Å². The lowest BCUT2D eigenvalue weighted by Crippen LogP contribution is -2.64. The largest absolute Gasteiger partial charge is 0.472 e. The fraction of sp³-hybridized carbons (Fsp3) is 0.667. The van der Waals surface area contributed by atoms with Gasteiger partial charge in [-0.25, -0.2) is 9.13 Å². The monoisotopic (exact) mass is 952 g/mol. The van der Waals surface area contributed by atoms with E-state index in [1.807, 2.05) is 6.92 Å².